The van der Waals surface area contributed by atoms with Crippen molar-refractivity contribution < 1.29 is 14.3 Å². The highest BCUT2D eigenvalue weighted by Gasteiger charge is 2.40. The summed E-state index contributed by atoms with van der Waals surface area (Å²) in [4.78, 5) is 24.8. The monoisotopic (exact) mass is 413 g/mol. The van der Waals surface area contributed by atoms with Crippen LogP contribution in [0.2, 0.25) is 0 Å². The molecular weight excluding hydrogens is 390 g/mol. The number of hydrogen-bond donors (Lipinski definition) is 2. The van der Waals surface area contributed by atoms with Gasteiger partial charge < -0.3 is 10.1 Å². The molecule has 0 saturated carbocycles. The molecule has 6 heteroatoms. The van der Waals surface area contributed by atoms with E-state index in [1.165, 1.54) is 0 Å². The van der Waals surface area contributed by atoms with Crippen molar-refractivity contribution in [2.45, 2.75) is 12.5 Å². The molecule has 4 rings (SSSR count). The summed E-state index contributed by atoms with van der Waals surface area (Å²) in [6.07, 6.45) is 1.54. The number of carbonyl (C=O) groups is 2. The highest BCUT2D eigenvalue weighted by molar-refractivity contribution is 6.03. The van der Waals surface area contributed by atoms with Crippen LogP contribution in [0.4, 0.5) is 0 Å². The van der Waals surface area contributed by atoms with Crippen LogP contribution in [-0.4, -0.2) is 24.6 Å². The van der Waals surface area contributed by atoms with Crippen LogP contribution in [0.1, 0.15) is 22.6 Å². The summed E-state index contributed by atoms with van der Waals surface area (Å²) in [5, 5.41) is 6.80. The molecule has 0 aromatic heterocycles. The maximum Gasteiger partial charge on any atom is 0.253 e. The van der Waals surface area contributed by atoms with Gasteiger partial charge >= 0.3 is 0 Å². The Morgan fingerprint density at radius 1 is 1.00 bits per heavy atom. The molecule has 2 amide bonds. The quantitative estimate of drug-likeness (QED) is 0.355. The molecule has 31 heavy (non-hydrogen) atoms. The van der Waals surface area contributed by atoms with E-state index >= 15 is 0 Å². The second-order valence-electron chi connectivity index (χ2n) is 7.32. The molecule has 1 fully saturated rings. The zero-order valence-corrected chi connectivity index (χ0v) is 16.9. The lowest BCUT2D eigenvalue weighted by Gasteiger charge is -2.15. The Morgan fingerprint density at radius 2 is 1.68 bits per heavy atom. The van der Waals surface area contributed by atoms with Gasteiger partial charge in [0.05, 0.1) is 6.21 Å². The molecule has 2 atom stereocenters. The Bertz CT molecular complexity index is 1050. The van der Waals surface area contributed by atoms with Crippen molar-refractivity contribution in [3.8, 4) is 5.75 Å². The van der Waals surface area contributed by atoms with Crippen molar-refractivity contribution >= 4 is 18.0 Å². The van der Waals surface area contributed by atoms with Gasteiger partial charge in [-0.3, -0.25) is 9.59 Å². The van der Waals surface area contributed by atoms with Crippen LogP contribution in [0.3, 0.4) is 0 Å². The first-order chi connectivity index (χ1) is 15.2. The van der Waals surface area contributed by atoms with Gasteiger partial charge in [0.1, 0.15) is 18.3 Å². The van der Waals surface area contributed by atoms with E-state index in [-0.39, 0.29) is 11.8 Å². The molecular formula is C25H23N3O3. The molecule has 0 unspecified atom stereocenters. The normalized spacial score (nSPS) is 18.0. The highest BCUT2D eigenvalue weighted by Crippen LogP contribution is 2.29. The van der Waals surface area contributed by atoms with Crippen molar-refractivity contribution in [2.75, 3.05) is 6.54 Å². The Balaban J connectivity index is 1.32. The standard InChI is InChI=1S/C25H23N3O3/c29-24-23(22(16-26-24)20-9-5-2-6-10-20)25(30)28-27-15-18-11-13-21(14-12-18)31-17-19-7-3-1-4-8-19/h1-15,22-23H,16-17H2,(H,26,29)(H,28,30)/b27-15-/t22-,23+/m0/s1. The third-order valence-electron chi connectivity index (χ3n) is 5.21. The highest BCUT2D eigenvalue weighted by atomic mass is 16.5. The molecule has 156 valence electrons. The predicted molar refractivity (Wildman–Crippen MR) is 119 cm³/mol. The maximum atomic E-state index is 12.6. The van der Waals surface area contributed by atoms with E-state index in [2.05, 4.69) is 15.8 Å². The zero-order valence-electron chi connectivity index (χ0n) is 16.9. The molecule has 0 aliphatic carbocycles. The second kappa shape index (κ2) is 9.71. The van der Waals surface area contributed by atoms with E-state index in [1.807, 2.05) is 84.9 Å². The number of ether oxygens (including phenoxy) is 1. The summed E-state index contributed by atoms with van der Waals surface area (Å²) in [7, 11) is 0. The average Bonchev–Trinajstić information content (AvgIpc) is 3.21. The Morgan fingerprint density at radius 3 is 2.39 bits per heavy atom. The van der Waals surface area contributed by atoms with Gasteiger partial charge in [0.25, 0.3) is 5.91 Å². The fourth-order valence-corrected chi connectivity index (χ4v) is 3.56. The van der Waals surface area contributed by atoms with E-state index in [9.17, 15) is 9.59 Å². The lowest BCUT2D eigenvalue weighted by Crippen LogP contribution is -2.34. The summed E-state index contributed by atoms with van der Waals surface area (Å²) in [6, 6.07) is 26.9. The first kappa shape index (κ1) is 20.3. The first-order valence-electron chi connectivity index (χ1n) is 10.1. The third kappa shape index (κ3) is 5.17. The van der Waals surface area contributed by atoms with Crippen LogP contribution < -0.4 is 15.5 Å². The minimum atomic E-state index is -0.798. The van der Waals surface area contributed by atoms with E-state index < -0.39 is 11.8 Å². The molecule has 0 radical (unpaired) electrons. The SMILES string of the molecule is O=C1NC[C@@H](c2ccccc2)[C@H]1C(=O)N/N=C\c1ccc(OCc2ccccc2)cc1. The fraction of sp³-hybridized carbons (Fsp3) is 0.160. The third-order valence-corrected chi connectivity index (χ3v) is 5.21. The molecule has 1 saturated heterocycles. The topological polar surface area (TPSA) is 79.8 Å². The lowest BCUT2D eigenvalue weighted by molar-refractivity contribution is -0.133. The smallest absolute Gasteiger partial charge is 0.253 e. The van der Waals surface area contributed by atoms with Crippen LogP contribution in [0.5, 0.6) is 5.75 Å². The molecule has 3 aromatic carbocycles. The van der Waals surface area contributed by atoms with E-state index in [4.69, 9.17) is 4.74 Å². The molecule has 1 heterocycles. The van der Waals surface area contributed by atoms with Crippen LogP contribution in [0.15, 0.2) is 90.0 Å². The summed E-state index contributed by atoms with van der Waals surface area (Å²) in [5.74, 6) is -0.944. The van der Waals surface area contributed by atoms with Crippen LogP contribution in [0.25, 0.3) is 0 Å². The molecule has 3 aromatic rings. The Kier molecular flexibility index (Phi) is 6.38. The Hall–Kier alpha value is -3.93. The van der Waals surface area contributed by atoms with Gasteiger partial charge in [0.15, 0.2) is 0 Å². The van der Waals surface area contributed by atoms with Crippen molar-refractivity contribution in [1.29, 1.82) is 0 Å². The molecule has 1 aliphatic heterocycles. The van der Waals surface area contributed by atoms with Crippen molar-refractivity contribution in [2.24, 2.45) is 11.0 Å². The summed E-state index contributed by atoms with van der Waals surface area (Å²) in [6.45, 7) is 0.936. The minimum Gasteiger partial charge on any atom is -0.489 e. The largest absolute Gasteiger partial charge is 0.489 e. The van der Waals surface area contributed by atoms with Crippen molar-refractivity contribution in [3.05, 3.63) is 102 Å². The van der Waals surface area contributed by atoms with Gasteiger partial charge in [0.2, 0.25) is 5.91 Å². The van der Waals surface area contributed by atoms with Gasteiger partial charge in [-0.15, -0.1) is 0 Å². The molecule has 0 bridgehead atoms. The van der Waals surface area contributed by atoms with Gasteiger partial charge in [-0.25, -0.2) is 5.43 Å². The summed E-state index contributed by atoms with van der Waals surface area (Å²) in [5.41, 5.74) is 5.36. The minimum absolute atomic E-state index is 0.204. The van der Waals surface area contributed by atoms with Gasteiger partial charge in [-0.1, -0.05) is 60.7 Å². The average molecular weight is 413 g/mol. The van der Waals surface area contributed by atoms with Gasteiger partial charge in [-0.05, 0) is 41.0 Å². The van der Waals surface area contributed by atoms with Crippen LogP contribution >= 0.6 is 0 Å². The number of carbonyl (C=O) groups excluding carboxylic acids is 2. The number of nitrogens with one attached hydrogen (secondary N) is 2. The lowest BCUT2D eigenvalue weighted by atomic mass is 9.88. The number of hydrogen-bond acceptors (Lipinski definition) is 4. The summed E-state index contributed by atoms with van der Waals surface area (Å²) >= 11 is 0. The molecule has 2 N–H and O–H groups in total. The van der Waals surface area contributed by atoms with Gasteiger partial charge in [0, 0.05) is 12.5 Å². The van der Waals surface area contributed by atoms with E-state index in [1.54, 1.807) is 6.21 Å². The van der Waals surface area contributed by atoms with Crippen LogP contribution in [-0.2, 0) is 16.2 Å². The second-order valence-corrected chi connectivity index (χ2v) is 7.32. The zero-order chi connectivity index (χ0) is 21.5. The van der Waals surface area contributed by atoms with E-state index in [0.717, 1.165) is 22.4 Å². The molecule has 1 aliphatic rings. The number of hydrazone groups is 1. The molecule has 0 spiro atoms. The Labute approximate surface area is 180 Å². The summed E-state index contributed by atoms with van der Waals surface area (Å²) < 4.78 is 5.76. The maximum absolute atomic E-state index is 12.6. The number of rotatable bonds is 7. The first-order valence-corrected chi connectivity index (χ1v) is 10.1. The fourth-order valence-electron chi connectivity index (χ4n) is 3.56. The van der Waals surface area contributed by atoms with Crippen molar-refractivity contribution in [1.82, 2.24) is 10.7 Å². The van der Waals surface area contributed by atoms with Crippen LogP contribution in [0, 0.1) is 5.92 Å². The van der Waals surface area contributed by atoms with Gasteiger partial charge in [-0.2, -0.15) is 5.10 Å². The van der Waals surface area contributed by atoms with Crippen molar-refractivity contribution in [3.63, 3.8) is 0 Å². The number of benzene rings is 3. The molecule has 6 nitrogen and oxygen atoms in total. The van der Waals surface area contributed by atoms with E-state index in [0.29, 0.717) is 13.2 Å². The number of amides is 2. The number of nitrogens with zero attached hydrogens (tertiary/aromatic N) is 1. The predicted octanol–water partition coefficient (Wildman–Crippen LogP) is 3.25.